The first-order valence-corrected chi connectivity index (χ1v) is 7.39. The first kappa shape index (κ1) is 13.9. The van der Waals surface area contributed by atoms with Crippen LogP contribution in [0.4, 0.5) is 0 Å². The van der Waals surface area contributed by atoms with Crippen molar-refractivity contribution in [3.05, 3.63) is 46.1 Å². The predicted molar refractivity (Wildman–Crippen MR) is 76.7 cm³/mol. The first-order valence-electron chi connectivity index (χ1n) is 6.41. The highest BCUT2D eigenvalue weighted by atomic mass is 32.2. The Morgan fingerprint density at radius 1 is 1.05 bits per heavy atom. The molecule has 0 atom stereocenters. The zero-order chi connectivity index (χ0) is 13.8. The van der Waals surface area contributed by atoms with E-state index in [1.165, 1.54) is 11.8 Å². The summed E-state index contributed by atoms with van der Waals surface area (Å²) < 4.78 is 0. The molecule has 1 aliphatic carbocycles. The molecule has 0 saturated heterocycles. The predicted octanol–water partition coefficient (Wildman–Crippen LogP) is 3.76. The summed E-state index contributed by atoms with van der Waals surface area (Å²) in [4.78, 5) is 24.4. The molecular formula is C15H16O3S. The van der Waals surface area contributed by atoms with Crippen LogP contribution in [0.2, 0.25) is 0 Å². The lowest BCUT2D eigenvalue weighted by Crippen LogP contribution is -2.20. The number of thioether (sulfide) groups is 1. The van der Waals surface area contributed by atoms with Crippen LogP contribution < -0.4 is 0 Å². The number of hydrogen-bond acceptors (Lipinski definition) is 4. The molecule has 0 aliphatic heterocycles. The van der Waals surface area contributed by atoms with Gasteiger partial charge in [0.2, 0.25) is 11.6 Å². The lowest BCUT2D eigenvalue weighted by Gasteiger charge is -2.16. The number of hydrogen-bond donors (Lipinski definition) is 1. The molecule has 0 fully saturated rings. The molecule has 1 aliphatic rings. The van der Waals surface area contributed by atoms with Crippen molar-refractivity contribution in [3.63, 3.8) is 0 Å². The van der Waals surface area contributed by atoms with Crippen LogP contribution in [0.1, 0.15) is 46.9 Å². The van der Waals surface area contributed by atoms with Gasteiger partial charge in [0.25, 0.3) is 0 Å². The van der Waals surface area contributed by atoms with Crippen LogP contribution >= 0.6 is 11.8 Å². The van der Waals surface area contributed by atoms with E-state index in [9.17, 15) is 14.7 Å². The van der Waals surface area contributed by atoms with Gasteiger partial charge >= 0.3 is 0 Å². The third kappa shape index (κ3) is 2.73. The Labute approximate surface area is 116 Å². The summed E-state index contributed by atoms with van der Waals surface area (Å²) in [5, 5.41) is 9.90. The summed E-state index contributed by atoms with van der Waals surface area (Å²) >= 11 is 1.28. The Hall–Kier alpha value is -1.55. The number of unbranched alkanes of at least 4 members (excludes halogenated alkanes) is 2. The third-order valence-corrected chi connectivity index (χ3v) is 4.21. The fourth-order valence-corrected chi connectivity index (χ4v) is 3.02. The molecule has 1 N–H and O–H groups in total. The van der Waals surface area contributed by atoms with Crippen LogP contribution in [0.15, 0.2) is 34.9 Å². The second kappa shape index (κ2) is 6.06. The van der Waals surface area contributed by atoms with Crippen LogP contribution in [0.5, 0.6) is 0 Å². The molecule has 0 heterocycles. The average Bonchev–Trinajstić information content (AvgIpc) is 2.44. The SMILES string of the molecule is CCCCCSC1=C(O)C(=O)c2ccccc2C1=O. The van der Waals surface area contributed by atoms with E-state index < -0.39 is 11.5 Å². The van der Waals surface area contributed by atoms with Gasteiger partial charge in [-0.05, 0) is 12.2 Å². The molecule has 0 amide bonds. The lowest BCUT2D eigenvalue weighted by atomic mass is 9.93. The number of carbonyl (C=O) groups is 2. The highest BCUT2D eigenvalue weighted by Crippen LogP contribution is 2.32. The monoisotopic (exact) mass is 276 g/mol. The fourth-order valence-electron chi connectivity index (χ4n) is 2.00. The Kier molecular flexibility index (Phi) is 4.43. The van der Waals surface area contributed by atoms with Crippen molar-refractivity contribution in [3.8, 4) is 0 Å². The van der Waals surface area contributed by atoms with E-state index >= 15 is 0 Å². The van der Waals surface area contributed by atoms with Gasteiger partial charge in [-0.25, -0.2) is 0 Å². The van der Waals surface area contributed by atoms with Crippen LogP contribution in [-0.4, -0.2) is 22.4 Å². The molecule has 3 nitrogen and oxygen atoms in total. The molecule has 2 rings (SSSR count). The normalized spacial score (nSPS) is 14.8. The molecule has 1 aromatic rings. The Morgan fingerprint density at radius 2 is 1.68 bits per heavy atom. The molecule has 0 spiro atoms. The summed E-state index contributed by atoms with van der Waals surface area (Å²) in [6, 6.07) is 6.63. The van der Waals surface area contributed by atoms with Crippen molar-refractivity contribution in [1.82, 2.24) is 0 Å². The van der Waals surface area contributed by atoms with Gasteiger partial charge in [0.1, 0.15) is 4.91 Å². The average molecular weight is 276 g/mol. The maximum atomic E-state index is 12.2. The standard InChI is InChI=1S/C15H16O3S/c1-2-3-6-9-19-15-13(17)11-8-5-4-7-10(11)12(16)14(15)18/h4-5,7-8,18H,2-3,6,9H2,1H3. The minimum atomic E-state index is -0.451. The van der Waals surface area contributed by atoms with Crippen molar-refractivity contribution in [2.24, 2.45) is 0 Å². The highest BCUT2D eigenvalue weighted by molar-refractivity contribution is 8.04. The molecule has 0 radical (unpaired) electrons. The number of rotatable bonds is 5. The van der Waals surface area contributed by atoms with Crippen molar-refractivity contribution in [2.45, 2.75) is 26.2 Å². The largest absolute Gasteiger partial charge is 0.503 e. The van der Waals surface area contributed by atoms with Crippen LogP contribution in [0.3, 0.4) is 0 Å². The number of aliphatic hydroxyl groups is 1. The smallest absolute Gasteiger partial charge is 0.229 e. The first-order chi connectivity index (χ1) is 9.16. The van der Waals surface area contributed by atoms with Crippen LogP contribution in [0.25, 0.3) is 0 Å². The van der Waals surface area contributed by atoms with Crippen molar-refractivity contribution in [2.75, 3.05) is 5.75 Å². The Balaban J connectivity index is 2.22. The van der Waals surface area contributed by atoms with Gasteiger partial charge in [0, 0.05) is 11.1 Å². The van der Waals surface area contributed by atoms with Gasteiger partial charge in [0.15, 0.2) is 5.76 Å². The van der Waals surface area contributed by atoms with Crippen molar-refractivity contribution in [1.29, 1.82) is 0 Å². The van der Waals surface area contributed by atoms with Gasteiger partial charge in [-0.3, -0.25) is 9.59 Å². The molecular weight excluding hydrogens is 260 g/mol. The molecule has 100 valence electrons. The maximum absolute atomic E-state index is 12.2. The van der Waals surface area contributed by atoms with Gasteiger partial charge < -0.3 is 5.11 Å². The van der Waals surface area contributed by atoms with E-state index in [1.54, 1.807) is 24.3 Å². The highest BCUT2D eigenvalue weighted by Gasteiger charge is 2.31. The molecule has 0 unspecified atom stereocenters. The summed E-state index contributed by atoms with van der Waals surface area (Å²) in [7, 11) is 0. The molecule has 0 bridgehead atoms. The molecule has 1 aromatic carbocycles. The Bertz CT molecular complexity index is 546. The second-order valence-corrected chi connectivity index (χ2v) is 5.54. The van der Waals surface area contributed by atoms with Gasteiger partial charge in [-0.15, -0.1) is 11.8 Å². The second-order valence-electron chi connectivity index (χ2n) is 4.44. The minimum absolute atomic E-state index is 0.194. The fraction of sp³-hybridized carbons (Fsp3) is 0.333. The van der Waals surface area contributed by atoms with Crippen molar-refractivity contribution < 1.29 is 14.7 Å². The topological polar surface area (TPSA) is 54.4 Å². The summed E-state index contributed by atoms with van der Waals surface area (Å²) in [6.07, 6.45) is 3.15. The molecule has 19 heavy (non-hydrogen) atoms. The van der Waals surface area contributed by atoms with E-state index in [1.807, 2.05) is 0 Å². The van der Waals surface area contributed by atoms with E-state index in [4.69, 9.17) is 0 Å². The third-order valence-electron chi connectivity index (χ3n) is 3.05. The number of allylic oxidation sites excluding steroid dienone is 2. The zero-order valence-corrected chi connectivity index (χ0v) is 11.6. The number of fused-ring (bicyclic) bond motifs is 1. The van der Waals surface area contributed by atoms with Gasteiger partial charge in [-0.1, -0.05) is 44.0 Å². The van der Waals surface area contributed by atoms with Crippen LogP contribution in [-0.2, 0) is 0 Å². The molecule has 0 aromatic heterocycles. The number of aliphatic hydroxyl groups excluding tert-OH is 1. The van der Waals surface area contributed by atoms with E-state index in [2.05, 4.69) is 6.92 Å². The van der Waals surface area contributed by atoms with Gasteiger partial charge in [-0.2, -0.15) is 0 Å². The number of Topliss-reactive ketones (excluding diaryl/α,β-unsaturated/α-hetero) is 2. The lowest BCUT2D eigenvalue weighted by molar-refractivity contribution is 0.0936. The summed E-state index contributed by atoms with van der Waals surface area (Å²) in [6.45, 7) is 2.10. The molecule has 4 heteroatoms. The summed E-state index contributed by atoms with van der Waals surface area (Å²) in [5.41, 5.74) is 0.686. The number of carbonyl (C=O) groups excluding carboxylic acids is 2. The maximum Gasteiger partial charge on any atom is 0.229 e. The molecule has 0 saturated carbocycles. The van der Waals surface area contributed by atoms with Crippen molar-refractivity contribution >= 4 is 23.3 Å². The van der Waals surface area contributed by atoms with E-state index in [0.717, 1.165) is 25.0 Å². The number of benzene rings is 1. The van der Waals surface area contributed by atoms with Crippen LogP contribution in [0, 0.1) is 0 Å². The van der Waals surface area contributed by atoms with E-state index in [0.29, 0.717) is 11.1 Å². The summed E-state index contributed by atoms with van der Waals surface area (Å²) in [5.74, 6) is -0.346. The minimum Gasteiger partial charge on any atom is -0.503 e. The number of ketones is 2. The van der Waals surface area contributed by atoms with Gasteiger partial charge in [0.05, 0.1) is 0 Å². The zero-order valence-electron chi connectivity index (χ0n) is 10.8. The van der Waals surface area contributed by atoms with E-state index in [-0.39, 0.29) is 10.7 Å². The Morgan fingerprint density at radius 3 is 2.32 bits per heavy atom. The quantitative estimate of drug-likeness (QED) is 0.832.